The third kappa shape index (κ3) is 2.68. The van der Waals surface area contributed by atoms with Crippen molar-refractivity contribution in [3.8, 4) is 0 Å². The lowest BCUT2D eigenvalue weighted by atomic mass is 10.1. The monoisotopic (exact) mass is 179 g/mol. The van der Waals surface area contributed by atoms with Crippen LogP contribution in [0.3, 0.4) is 0 Å². The molecular weight excluding hydrogens is 164 g/mol. The summed E-state index contributed by atoms with van der Waals surface area (Å²) >= 11 is 0. The molecule has 1 aliphatic rings. The molecule has 72 valence electrons. The summed E-state index contributed by atoms with van der Waals surface area (Å²) in [5.74, 6) is 0. The van der Waals surface area contributed by atoms with E-state index in [4.69, 9.17) is 0 Å². The van der Waals surface area contributed by atoms with Crippen LogP contribution >= 0.6 is 0 Å². The molecule has 0 spiro atoms. The second-order valence-corrected chi connectivity index (χ2v) is 3.60. The summed E-state index contributed by atoms with van der Waals surface area (Å²) in [4.78, 5) is 2.09. The smallest absolute Gasteiger partial charge is 0.315 e. The van der Waals surface area contributed by atoms with Gasteiger partial charge in [0.1, 0.15) is 0 Å². The fraction of sp³-hybridized carbons (Fsp3) is 1.00. The van der Waals surface area contributed by atoms with Gasteiger partial charge in [0.05, 0.1) is 6.10 Å². The second-order valence-electron chi connectivity index (χ2n) is 3.60. The average Bonchev–Trinajstić information content (AvgIpc) is 1.74. The van der Waals surface area contributed by atoms with Crippen LogP contribution in [0.15, 0.2) is 0 Å². The maximum Gasteiger partial charge on any atom is 0.353 e. The van der Waals surface area contributed by atoms with Crippen molar-refractivity contribution < 1.29 is 13.5 Å². The third-order valence-corrected chi connectivity index (χ3v) is 1.98. The van der Waals surface area contributed by atoms with Crippen LogP contribution in [-0.4, -0.2) is 36.2 Å². The highest BCUT2D eigenvalue weighted by molar-refractivity contribution is 4.83. The highest BCUT2D eigenvalue weighted by Gasteiger charge is 2.35. The Kier molecular flexibility index (Phi) is 2.68. The lowest BCUT2D eigenvalue weighted by molar-refractivity contribution is -0.272. The first-order valence-corrected chi connectivity index (χ1v) is 4.18. The zero-order valence-corrected chi connectivity index (χ0v) is 7.68. The predicted molar refractivity (Wildman–Crippen MR) is 42.2 cm³/mol. The summed E-state index contributed by atoms with van der Waals surface area (Å²) < 4.78 is 29.0. The molecule has 0 radical (unpaired) electrons. The summed E-state index contributed by atoms with van der Waals surface area (Å²) in [5, 5.41) is 0. The van der Waals surface area contributed by atoms with Crippen molar-refractivity contribution in [2.24, 2.45) is 0 Å². The van der Waals surface area contributed by atoms with Gasteiger partial charge in [-0.3, -0.25) is 4.90 Å². The first-order chi connectivity index (χ1) is 5.38. The number of alkyl halides is 2. The van der Waals surface area contributed by atoms with Gasteiger partial charge in [-0.2, -0.15) is 8.78 Å². The number of likely N-dealkylation sites (tertiary alicyclic amines) is 1. The fourth-order valence-electron chi connectivity index (χ4n) is 1.26. The Labute approximate surface area is 71.5 Å². The van der Waals surface area contributed by atoms with E-state index in [-0.39, 0.29) is 6.10 Å². The predicted octanol–water partition coefficient (Wildman–Crippen LogP) is 1.71. The van der Waals surface area contributed by atoms with E-state index in [0.717, 1.165) is 6.92 Å². The van der Waals surface area contributed by atoms with Gasteiger partial charge in [-0.25, -0.2) is 0 Å². The van der Waals surface area contributed by atoms with E-state index in [1.165, 1.54) is 0 Å². The molecule has 1 fully saturated rings. The van der Waals surface area contributed by atoms with Crippen molar-refractivity contribution in [1.29, 1.82) is 0 Å². The van der Waals surface area contributed by atoms with E-state index in [2.05, 4.69) is 9.64 Å². The minimum absolute atomic E-state index is 0.285. The van der Waals surface area contributed by atoms with Crippen LogP contribution in [-0.2, 0) is 4.74 Å². The number of halogens is 2. The minimum Gasteiger partial charge on any atom is -0.315 e. The van der Waals surface area contributed by atoms with Crippen LogP contribution in [0.2, 0.25) is 0 Å². The van der Waals surface area contributed by atoms with E-state index in [9.17, 15) is 8.78 Å². The van der Waals surface area contributed by atoms with Crippen LogP contribution in [0.4, 0.5) is 8.78 Å². The molecule has 0 aromatic heterocycles. The maximum atomic E-state index is 12.3. The van der Waals surface area contributed by atoms with E-state index >= 15 is 0 Å². The minimum atomic E-state index is -2.98. The van der Waals surface area contributed by atoms with Crippen molar-refractivity contribution in [3.05, 3.63) is 0 Å². The van der Waals surface area contributed by atoms with Crippen molar-refractivity contribution >= 4 is 0 Å². The lowest BCUT2D eigenvalue weighted by Crippen LogP contribution is -2.56. The molecule has 0 aromatic carbocycles. The Morgan fingerprint density at radius 2 is 1.92 bits per heavy atom. The molecule has 0 atom stereocenters. The number of ether oxygens (including phenoxy) is 1. The van der Waals surface area contributed by atoms with Crippen molar-refractivity contribution in [2.45, 2.75) is 39.0 Å². The van der Waals surface area contributed by atoms with Gasteiger partial charge >= 0.3 is 6.11 Å². The third-order valence-electron chi connectivity index (χ3n) is 1.98. The molecule has 12 heavy (non-hydrogen) atoms. The largest absolute Gasteiger partial charge is 0.353 e. The highest BCUT2D eigenvalue weighted by Crippen LogP contribution is 2.22. The molecule has 0 aliphatic carbocycles. The zero-order valence-electron chi connectivity index (χ0n) is 7.68. The van der Waals surface area contributed by atoms with Crippen molar-refractivity contribution in [3.63, 3.8) is 0 Å². The van der Waals surface area contributed by atoms with Gasteiger partial charge in [-0.15, -0.1) is 0 Å². The molecule has 0 amide bonds. The summed E-state index contributed by atoms with van der Waals surface area (Å²) in [6.45, 7) is 6.12. The van der Waals surface area contributed by atoms with E-state index < -0.39 is 6.11 Å². The van der Waals surface area contributed by atoms with Gasteiger partial charge in [0.2, 0.25) is 0 Å². The van der Waals surface area contributed by atoms with E-state index in [1.807, 2.05) is 13.8 Å². The molecule has 4 heteroatoms. The number of rotatable bonds is 3. The quantitative estimate of drug-likeness (QED) is 0.654. The van der Waals surface area contributed by atoms with Crippen molar-refractivity contribution in [2.75, 3.05) is 13.1 Å². The van der Waals surface area contributed by atoms with Crippen LogP contribution in [0.5, 0.6) is 0 Å². The first kappa shape index (κ1) is 9.86. The Hall–Kier alpha value is -0.220. The molecule has 1 saturated heterocycles. The average molecular weight is 179 g/mol. The molecular formula is C8H15F2NO. The molecule has 1 aliphatic heterocycles. The Morgan fingerprint density at radius 1 is 1.42 bits per heavy atom. The molecule has 2 nitrogen and oxygen atoms in total. The highest BCUT2D eigenvalue weighted by atomic mass is 19.3. The normalized spacial score (nSPS) is 21.5. The number of hydrogen-bond acceptors (Lipinski definition) is 2. The topological polar surface area (TPSA) is 12.5 Å². The van der Waals surface area contributed by atoms with Crippen molar-refractivity contribution in [1.82, 2.24) is 4.90 Å². The van der Waals surface area contributed by atoms with Gasteiger partial charge < -0.3 is 4.74 Å². The van der Waals surface area contributed by atoms with Crippen LogP contribution in [0, 0.1) is 0 Å². The maximum absolute atomic E-state index is 12.3. The molecule has 0 saturated carbocycles. The van der Waals surface area contributed by atoms with Gasteiger partial charge in [0, 0.05) is 26.1 Å². The van der Waals surface area contributed by atoms with E-state index in [1.54, 1.807) is 0 Å². The Morgan fingerprint density at radius 3 is 2.25 bits per heavy atom. The number of hydrogen-bond donors (Lipinski definition) is 0. The molecule has 0 unspecified atom stereocenters. The summed E-state index contributed by atoms with van der Waals surface area (Å²) in [6, 6.07) is 0.426. The van der Waals surface area contributed by atoms with Gasteiger partial charge in [-0.05, 0) is 13.8 Å². The van der Waals surface area contributed by atoms with Crippen LogP contribution in [0.1, 0.15) is 20.8 Å². The molecule has 1 rings (SSSR count). The lowest BCUT2D eigenvalue weighted by Gasteiger charge is -2.42. The molecule has 1 heterocycles. The number of nitrogens with zero attached hydrogens (tertiary/aromatic N) is 1. The SMILES string of the molecule is CC(C)N1CC(OC(C)(F)F)C1. The summed E-state index contributed by atoms with van der Waals surface area (Å²) in [5.41, 5.74) is 0. The molecule has 0 N–H and O–H groups in total. The second kappa shape index (κ2) is 3.26. The standard InChI is InChI=1S/C8H15F2NO/c1-6(2)11-4-7(5-11)12-8(3,9)10/h6-7H,4-5H2,1-3H3. The molecule has 0 bridgehead atoms. The van der Waals surface area contributed by atoms with Crippen LogP contribution < -0.4 is 0 Å². The van der Waals surface area contributed by atoms with Gasteiger partial charge in [-0.1, -0.05) is 0 Å². The Balaban J connectivity index is 2.18. The summed E-state index contributed by atoms with van der Waals surface area (Å²) in [6.07, 6.45) is -3.26. The van der Waals surface area contributed by atoms with Gasteiger partial charge in [0.25, 0.3) is 0 Å². The van der Waals surface area contributed by atoms with E-state index in [0.29, 0.717) is 19.1 Å². The van der Waals surface area contributed by atoms with Crippen LogP contribution in [0.25, 0.3) is 0 Å². The Bertz CT molecular complexity index is 150. The van der Waals surface area contributed by atoms with Gasteiger partial charge in [0.15, 0.2) is 0 Å². The zero-order chi connectivity index (χ0) is 9.35. The molecule has 0 aromatic rings. The first-order valence-electron chi connectivity index (χ1n) is 4.18. The summed E-state index contributed by atoms with van der Waals surface area (Å²) in [7, 11) is 0. The fourth-order valence-corrected chi connectivity index (χ4v) is 1.26.